The van der Waals surface area contributed by atoms with Gasteiger partial charge in [-0.05, 0) is 36.6 Å². The van der Waals surface area contributed by atoms with Crippen LogP contribution in [-0.2, 0) is 6.42 Å². The Morgan fingerprint density at radius 1 is 1.16 bits per heavy atom. The number of aryl methyl sites for hydroxylation is 1. The third-order valence-electron chi connectivity index (χ3n) is 3.67. The number of hydrogen-bond acceptors (Lipinski definition) is 3. The highest BCUT2D eigenvalue weighted by molar-refractivity contribution is 5.70. The van der Waals surface area contributed by atoms with Crippen molar-refractivity contribution in [2.24, 2.45) is 0 Å². The molecular formula is C16H19N3. The first kappa shape index (κ1) is 12.0. The standard InChI is InChI=1S/C16H19N3/c1-19(2)15-8-4-3-7-13(15)18-14-10-9-12-6-5-11-17-16(12)14/h3-8,11,14,18H,9-10H2,1-2H3. The van der Waals surface area contributed by atoms with Gasteiger partial charge >= 0.3 is 0 Å². The molecule has 0 spiro atoms. The Bertz CT molecular complexity index is 578. The molecule has 0 fully saturated rings. The first-order valence-corrected chi connectivity index (χ1v) is 6.72. The van der Waals surface area contributed by atoms with Gasteiger partial charge in [-0.25, -0.2) is 0 Å². The van der Waals surface area contributed by atoms with Crippen LogP contribution >= 0.6 is 0 Å². The number of hydrogen-bond donors (Lipinski definition) is 1. The molecule has 1 N–H and O–H groups in total. The fourth-order valence-corrected chi connectivity index (χ4v) is 2.73. The van der Waals surface area contributed by atoms with Crippen molar-refractivity contribution in [3.63, 3.8) is 0 Å². The molecule has 3 heteroatoms. The van der Waals surface area contributed by atoms with Gasteiger partial charge in [0.15, 0.2) is 0 Å². The lowest BCUT2D eigenvalue weighted by molar-refractivity contribution is 0.745. The van der Waals surface area contributed by atoms with Gasteiger partial charge in [0, 0.05) is 20.3 Å². The molecule has 1 aromatic carbocycles. The first-order valence-electron chi connectivity index (χ1n) is 6.72. The molecule has 1 aliphatic rings. The highest BCUT2D eigenvalue weighted by Gasteiger charge is 2.23. The normalized spacial score (nSPS) is 17.1. The van der Waals surface area contributed by atoms with Crippen molar-refractivity contribution >= 4 is 11.4 Å². The van der Waals surface area contributed by atoms with E-state index in [1.807, 2.05) is 12.3 Å². The Balaban J connectivity index is 1.88. The van der Waals surface area contributed by atoms with Gasteiger partial charge in [0.2, 0.25) is 0 Å². The predicted octanol–water partition coefficient (Wildman–Crippen LogP) is 3.25. The third kappa shape index (κ3) is 2.28. The van der Waals surface area contributed by atoms with Gasteiger partial charge in [-0.2, -0.15) is 0 Å². The molecule has 0 aliphatic heterocycles. The smallest absolute Gasteiger partial charge is 0.0691 e. The molecule has 0 saturated carbocycles. The highest BCUT2D eigenvalue weighted by Crippen LogP contribution is 2.34. The van der Waals surface area contributed by atoms with E-state index in [2.05, 4.69) is 59.6 Å². The topological polar surface area (TPSA) is 28.2 Å². The number of nitrogens with zero attached hydrogens (tertiary/aromatic N) is 2. The van der Waals surface area contributed by atoms with Crippen LogP contribution in [-0.4, -0.2) is 19.1 Å². The van der Waals surface area contributed by atoms with E-state index in [-0.39, 0.29) is 0 Å². The SMILES string of the molecule is CN(C)c1ccccc1NC1CCc2cccnc21. The van der Waals surface area contributed by atoms with Crippen LogP contribution in [0.15, 0.2) is 42.6 Å². The van der Waals surface area contributed by atoms with Crippen molar-refractivity contribution in [1.29, 1.82) is 0 Å². The van der Waals surface area contributed by atoms with Crippen LogP contribution in [0.1, 0.15) is 23.7 Å². The Morgan fingerprint density at radius 2 is 2.00 bits per heavy atom. The summed E-state index contributed by atoms with van der Waals surface area (Å²) >= 11 is 0. The maximum absolute atomic E-state index is 4.54. The molecule has 1 heterocycles. The zero-order chi connectivity index (χ0) is 13.2. The van der Waals surface area contributed by atoms with Gasteiger partial charge < -0.3 is 10.2 Å². The molecule has 0 saturated heterocycles. The largest absolute Gasteiger partial charge is 0.376 e. The van der Waals surface area contributed by atoms with Crippen LogP contribution in [0.3, 0.4) is 0 Å². The van der Waals surface area contributed by atoms with Gasteiger partial charge in [-0.1, -0.05) is 18.2 Å². The van der Waals surface area contributed by atoms with Crippen molar-refractivity contribution in [2.75, 3.05) is 24.3 Å². The Labute approximate surface area is 114 Å². The van der Waals surface area contributed by atoms with Crippen LogP contribution in [0.2, 0.25) is 0 Å². The van der Waals surface area contributed by atoms with E-state index in [4.69, 9.17) is 0 Å². The van der Waals surface area contributed by atoms with E-state index in [9.17, 15) is 0 Å². The minimum atomic E-state index is 0.331. The molecule has 1 aliphatic carbocycles. The van der Waals surface area contributed by atoms with E-state index in [1.165, 1.54) is 22.6 Å². The average Bonchev–Trinajstić information content (AvgIpc) is 2.83. The van der Waals surface area contributed by atoms with Crippen LogP contribution in [0.25, 0.3) is 0 Å². The fraction of sp³-hybridized carbons (Fsp3) is 0.312. The summed E-state index contributed by atoms with van der Waals surface area (Å²) in [5, 5.41) is 3.64. The number of anilines is 2. The molecule has 19 heavy (non-hydrogen) atoms. The maximum Gasteiger partial charge on any atom is 0.0691 e. The first-order chi connectivity index (χ1) is 9.25. The number of rotatable bonds is 3. The summed E-state index contributed by atoms with van der Waals surface area (Å²) < 4.78 is 0. The van der Waals surface area contributed by atoms with Gasteiger partial charge in [0.25, 0.3) is 0 Å². The second-order valence-electron chi connectivity index (χ2n) is 5.19. The minimum absolute atomic E-state index is 0.331. The molecule has 1 atom stereocenters. The van der Waals surface area contributed by atoms with Crippen molar-refractivity contribution in [1.82, 2.24) is 4.98 Å². The van der Waals surface area contributed by atoms with E-state index >= 15 is 0 Å². The van der Waals surface area contributed by atoms with E-state index in [0.717, 1.165) is 12.8 Å². The molecule has 98 valence electrons. The predicted molar refractivity (Wildman–Crippen MR) is 79.7 cm³/mol. The summed E-state index contributed by atoms with van der Waals surface area (Å²) in [6.45, 7) is 0. The lowest BCUT2D eigenvalue weighted by Gasteiger charge is -2.21. The number of pyridine rings is 1. The van der Waals surface area contributed by atoms with Crippen molar-refractivity contribution in [3.8, 4) is 0 Å². The van der Waals surface area contributed by atoms with E-state index in [1.54, 1.807) is 0 Å². The number of aromatic nitrogens is 1. The molecule has 2 aromatic rings. The average molecular weight is 253 g/mol. The second-order valence-corrected chi connectivity index (χ2v) is 5.19. The fourth-order valence-electron chi connectivity index (χ4n) is 2.73. The lowest BCUT2D eigenvalue weighted by atomic mass is 10.2. The number of nitrogens with one attached hydrogen (secondary N) is 1. The maximum atomic E-state index is 4.54. The van der Waals surface area contributed by atoms with Crippen LogP contribution < -0.4 is 10.2 Å². The zero-order valence-electron chi connectivity index (χ0n) is 11.4. The van der Waals surface area contributed by atoms with E-state index in [0.29, 0.717) is 6.04 Å². The van der Waals surface area contributed by atoms with E-state index < -0.39 is 0 Å². The second kappa shape index (κ2) is 4.92. The molecule has 1 unspecified atom stereocenters. The summed E-state index contributed by atoms with van der Waals surface area (Å²) in [5.74, 6) is 0. The summed E-state index contributed by atoms with van der Waals surface area (Å²) in [7, 11) is 4.14. The number of fused-ring (bicyclic) bond motifs is 1. The summed E-state index contributed by atoms with van der Waals surface area (Å²) in [6, 6.07) is 13.0. The Kier molecular flexibility index (Phi) is 3.11. The van der Waals surface area contributed by atoms with Crippen molar-refractivity contribution in [3.05, 3.63) is 53.9 Å². The molecule has 0 radical (unpaired) electrons. The van der Waals surface area contributed by atoms with Crippen LogP contribution in [0, 0.1) is 0 Å². The van der Waals surface area contributed by atoms with Gasteiger partial charge in [0.1, 0.15) is 0 Å². The summed E-state index contributed by atoms with van der Waals surface area (Å²) in [4.78, 5) is 6.67. The van der Waals surface area contributed by atoms with Gasteiger partial charge in [-0.15, -0.1) is 0 Å². The molecule has 0 bridgehead atoms. The number of para-hydroxylation sites is 2. The minimum Gasteiger partial charge on any atom is -0.376 e. The highest BCUT2D eigenvalue weighted by atomic mass is 15.1. The van der Waals surface area contributed by atoms with Gasteiger partial charge in [-0.3, -0.25) is 4.98 Å². The Morgan fingerprint density at radius 3 is 2.84 bits per heavy atom. The zero-order valence-corrected chi connectivity index (χ0v) is 11.4. The molecular weight excluding hydrogens is 234 g/mol. The summed E-state index contributed by atoms with van der Waals surface area (Å²) in [6.07, 6.45) is 4.12. The quantitative estimate of drug-likeness (QED) is 0.910. The summed E-state index contributed by atoms with van der Waals surface area (Å²) in [5.41, 5.74) is 4.97. The lowest BCUT2D eigenvalue weighted by Crippen LogP contribution is -2.14. The molecule has 3 nitrogen and oxygen atoms in total. The van der Waals surface area contributed by atoms with Crippen LogP contribution in [0.5, 0.6) is 0 Å². The van der Waals surface area contributed by atoms with Gasteiger partial charge in [0.05, 0.1) is 23.1 Å². The third-order valence-corrected chi connectivity index (χ3v) is 3.67. The molecule has 0 amide bonds. The van der Waals surface area contributed by atoms with Crippen LogP contribution in [0.4, 0.5) is 11.4 Å². The van der Waals surface area contributed by atoms with Crippen molar-refractivity contribution in [2.45, 2.75) is 18.9 Å². The monoisotopic (exact) mass is 253 g/mol. The van der Waals surface area contributed by atoms with Crippen molar-refractivity contribution < 1.29 is 0 Å². The molecule has 1 aromatic heterocycles. The number of benzene rings is 1. The molecule has 3 rings (SSSR count). The Hall–Kier alpha value is -2.03.